The number of hydrogen-bond donors (Lipinski definition) is 1. The average Bonchev–Trinajstić information content (AvgIpc) is 3.22. The molecule has 35 heavy (non-hydrogen) atoms. The van der Waals surface area contributed by atoms with E-state index in [1.54, 1.807) is 18.3 Å². The van der Waals surface area contributed by atoms with Gasteiger partial charge in [-0.3, -0.25) is 15.1 Å². The Hall–Kier alpha value is -3.65. The SMILES string of the molecule is COc1cnc(Cl)cc1-c1cc(C)ncc1C(=O)Nc1nc2ncc(CC#CC3COC3)nc2s1. The Labute approximate surface area is 209 Å². The summed E-state index contributed by atoms with van der Waals surface area (Å²) >= 11 is 7.37. The van der Waals surface area contributed by atoms with Crippen LogP contribution in [0.1, 0.15) is 21.7 Å². The normalized spacial score (nSPS) is 13.1. The fraction of sp³-hybridized carbons (Fsp3) is 0.250. The van der Waals surface area contributed by atoms with Gasteiger partial charge in [-0.2, -0.15) is 4.98 Å². The third-order valence-corrected chi connectivity index (χ3v) is 6.30. The second-order valence-electron chi connectivity index (χ2n) is 7.77. The van der Waals surface area contributed by atoms with Crippen molar-refractivity contribution in [1.82, 2.24) is 24.9 Å². The van der Waals surface area contributed by atoms with E-state index in [2.05, 4.69) is 42.1 Å². The number of aromatic nitrogens is 5. The highest BCUT2D eigenvalue weighted by atomic mass is 35.5. The molecule has 0 bridgehead atoms. The number of pyridine rings is 2. The minimum Gasteiger partial charge on any atom is -0.494 e. The summed E-state index contributed by atoms with van der Waals surface area (Å²) in [5.41, 5.74) is 3.53. The molecule has 0 radical (unpaired) electrons. The molecular weight excluding hydrogens is 488 g/mol. The zero-order chi connectivity index (χ0) is 24.4. The topological polar surface area (TPSA) is 112 Å². The van der Waals surface area contributed by atoms with Crippen LogP contribution < -0.4 is 10.1 Å². The molecule has 5 heterocycles. The molecule has 0 aliphatic carbocycles. The summed E-state index contributed by atoms with van der Waals surface area (Å²) < 4.78 is 10.6. The van der Waals surface area contributed by atoms with E-state index >= 15 is 0 Å². The summed E-state index contributed by atoms with van der Waals surface area (Å²) in [6, 6.07) is 3.45. The van der Waals surface area contributed by atoms with E-state index in [9.17, 15) is 4.79 Å². The van der Waals surface area contributed by atoms with E-state index < -0.39 is 0 Å². The van der Waals surface area contributed by atoms with Gasteiger partial charge < -0.3 is 9.47 Å². The molecule has 4 aromatic rings. The van der Waals surface area contributed by atoms with Crippen molar-refractivity contribution >= 4 is 44.5 Å². The summed E-state index contributed by atoms with van der Waals surface area (Å²) in [7, 11) is 1.53. The molecule has 1 aliphatic heterocycles. The molecule has 1 fully saturated rings. The second kappa shape index (κ2) is 9.92. The summed E-state index contributed by atoms with van der Waals surface area (Å²) in [6.07, 6.45) is 5.18. The first-order valence-electron chi connectivity index (χ1n) is 10.7. The fourth-order valence-electron chi connectivity index (χ4n) is 3.42. The number of hydrogen-bond acceptors (Lipinski definition) is 9. The highest BCUT2D eigenvalue weighted by molar-refractivity contribution is 7.21. The smallest absolute Gasteiger partial charge is 0.259 e. The first-order chi connectivity index (χ1) is 17.0. The highest BCUT2D eigenvalue weighted by Crippen LogP contribution is 2.34. The number of nitrogens with zero attached hydrogens (tertiary/aromatic N) is 5. The molecule has 4 aromatic heterocycles. The molecule has 11 heteroatoms. The number of methoxy groups -OCH3 is 1. The van der Waals surface area contributed by atoms with Gasteiger partial charge in [0.25, 0.3) is 5.91 Å². The Morgan fingerprint density at radius 2 is 2.06 bits per heavy atom. The van der Waals surface area contributed by atoms with Crippen molar-refractivity contribution in [1.29, 1.82) is 0 Å². The molecule has 1 N–H and O–H groups in total. The molecule has 0 aromatic carbocycles. The van der Waals surface area contributed by atoms with Crippen LogP contribution in [0.25, 0.3) is 21.6 Å². The van der Waals surface area contributed by atoms with Crippen LogP contribution in [0.15, 0.2) is 30.7 Å². The molecule has 0 saturated carbocycles. The maximum atomic E-state index is 13.2. The van der Waals surface area contributed by atoms with Gasteiger partial charge in [-0.15, -0.1) is 0 Å². The fourth-order valence-corrected chi connectivity index (χ4v) is 4.39. The number of rotatable bonds is 5. The quantitative estimate of drug-likeness (QED) is 0.320. The van der Waals surface area contributed by atoms with Crippen LogP contribution in [-0.4, -0.2) is 51.2 Å². The number of aryl methyl sites for hydroxylation is 1. The monoisotopic (exact) mass is 506 g/mol. The number of amides is 1. The lowest BCUT2D eigenvalue weighted by Gasteiger charge is -2.19. The third-order valence-electron chi connectivity index (χ3n) is 5.24. The van der Waals surface area contributed by atoms with Crippen LogP contribution in [0.5, 0.6) is 5.75 Å². The molecule has 1 aliphatic rings. The minimum atomic E-state index is -0.379. The number of fused-ring (bicyclic) bond motifs is 1. The van der Waals surface area contributed by atoms with Gasteiger partial charge in [-0.05, 0) is 19.1 Å². The van der Waals surface area contributed by atoms with Crippen molar-refractivity contribution in [2.75, 3.05) is 25.6 Å². The van der Waals surface area contributed by atoms with E-state index in [-0.39, 0.29) is 11.1 Å². The lowest BCUT2D eigenvalue weighted by atomic mass is 10.0. The van der Waals surface area contributed by atoms with Gasteiger partial charge in [-0.1, -0.05) is 34.8 Å². The summed E-state index contributed by atoms with van der Waals surface area (Å²) in [4.78, 5) is 35.6. The predicted octanol–water partition coefficient (Wildman–Crippen LogP) is 3.96. The van der Waals surface area contributed by atoms with Crippen molar-refractivity contribution < 1.29 is 14.3 Å². The molecule has 1 amide bonds. The number of thiazole rings is 1. The first-order valence-corrected chi connectivity index (χ1v) is 11.9. The first kappa shape index (κ1) is 23.1. The molecular formula is C24H19ClN6O3S. The zero-order valence-corrected chi connectivity index (χ0v) is 20.4. The largest absolute Gasteiger partial charge is 0.494 e. The summed E-state index contributed by atoms with van der Waals surface area (Å²) in [5.74, 6) is 6.70. The van der Waals surface area contributed by atoms with Gasteiger partial charge in [0.05, 0.1) is 56.3 Å². The van der Waals surface area contributed by atoms with Crippen LogP contribution in [0.4, 0.5) is 5.13 Å². The number of anilines is 1. The van der Waals surface area contributed by atoms with Crippen molar-refractivity contribution in [3.63, 3.8) is 0 Å². The lowest BCUT2D eigenvalue weighted by molar-refractivity contribution is -0.00304. The van der Waals surface area contributed by atoms with Crippen molar-refractivity contribution in [2.45, 2.75) is 13.3 Å². The summed E-state index contributed by atoms with van der Waals surface area (Å²) in [5, 5.41) is 3.50. The Morgan fingerprint density at radius 1 is 1.20 bits per heavy atom. The maximum absolute atomic E-state index is 13.2. The molecule has 0 unspecified atom stereocenters. The number of carbonyl (C=O) groups excluding carboxylic acids is 1. The van der Waals surface area contributed by atoms with E-state index in [4.69, 9.17) is 21.1 Å². The van der Waals surface area contributed by atoms with E-state index in [0.717, 1.165) is 11.4 Å². The molecule has 176 valence electrons. The maximum Gasteiger partial charge on any atom is 0.259 e. The highest BCUT2D eigenvalue weighted by Gasteiger charge is 2.20. The molecule has 9 nitrogen and oxygen atoms in total. The van der Waals surface area contributed by atoms with Gasteiger partial charge in [-0.25, -0.2) is 15.0 Å². The predicted molar refractivity (Wildman–Crippen MR) is 133 cm³/mol. The number of ether oxygens (including phenoxy) is 2. The molecule has 5 rings (SSSR count). The van der Waals surface area contributed by atoms with E-state index in [1.165, 1.54) is 30.8 Å². The molecule has 0 spiro atoms. The van der Waals surface area contributed by atoms with Crippen molar-refractivity contribution in [2.24, 2.45) is 5.92 Å². The Kier molecular flexibility index (Phi) is 6.55. The molecule has 1 saturated heterocycles. The van der Waals surface area contributed by atoms with Gasteiger partial charge in [0.2, 0.25) is 0 Å². The summed E-state index contributed by atoms with van der Waals surface area (Å²) in [6.45, 7) is 3.22. The van der Waals surface area contributed by atoms with E-state index in [1.807, 2.05) is 6.92 Å². The number of nitrogens with one attached hydrogen (secondary N) is 1. The number of carbonyl (C=O) groups is 1. The van der Waals surface area contributed by atoms with Gasteiger partial charge >= 0.3 is 0 Å². The van der Waals surface area contributed by atoms with Crippen LogP contribution in [0, 0.1) is 24.7 Å². The Morgan fingerprint density at radius 3 is 2.83 bits per heavy atom. The van der Waals surface area contributed by atoms with Crippen LogP contribution in [0.3, 0.4) is 0 Å². The Balaban J connectivity index is 1.40. The average molecular weight is 507 g/mol. The van der Waals surface area contributed by atoms with Crippen LogP contribution in [-0.2, 0) is 11.2 Å². The third kappa shape index (κ3) is 5.07. The number of halogens is 1. The second-order valence-corrected chi connectivity index (χ2v) is 9.14. The zero-order valence-electron chi connectivity index (χ0n) is 18.8. The van der Waals surface area contributed by atoms with Gasteiger partial charge in [0.15, 0.2) is 15.6 Å². The van der Waals surface area contributed by atoms with Gasteiger partial charge in [0, 0.05) is 23.0 Å². The van der Waals surface area contributed by atoms with E-state index in [0.29, 0.717) is 63.6 Å². The van der Waals surface area contributed by atoms with Crippen molar-refractivity contribution in [3.05, 3.63) is 52.8 Å². The van der Waals surface area contributed by atoms with Crippen LogP contribution in [0.2, 0.25) is 5.15 Å². The molecule has 0 atom stereocenters. The van der Waals surface area contributed by atoms with Gasteiger partial charge in [0.1, 0.15) is 10.9 Å². The minimum absolute atomic E-state index is 0.284. The Bertz CT molecular complexity index is 1490. The van der Waals surface area contributed by atoms with Crippen molar-refractivity contribution in [3.8, 4) is 28.7 Å². The lowest BCUT2D eigenvalue weighted by Crippen LogP contribution is -2.25. The van der Waals surface area contributed by atoms with Crippen LogP contribution >= 0.6 is 22.9 Å². The standard InChI is InChI=1S/C24H19ClN6O3S/c1-13-6-16(17-7-20(25)27-10-19(17)33-2)18(9-26-13)22(32)31-24-30-21-23(35-24)29-15(8-28-21)5-3-4-14-11-34-12-14/h6-10,14H,5,11-12H2,1-2H3,(H,28,30,31,32).